The average Bonchev–Trinajstić information content (AvgIpc) is 2.88. The van der Waals surface area contributed by atoms with Gasteiger partial charge in [-0.1, -0.05) is 43.0 Å². The van der Waals surface area contributed by atoms with Gasteiger partial charge in [0.1, 0.15) is 5.82 Å². The van der Waals surface area contributed by atoms with E-state index in [1.54, 1.807) is 35.2 Å². The van der Waals surface area contributed by atoms with E-state index in [1.165, 1.54) is 23.9 Å². The van der Waals surface area contributed by atoms with Crippen molar-refractivity contribution in [3.8, 4) is 0 Å². The predicted octanol–water partition coefficient (Wildman–Crippen LogP) is 5.67. The van der Waals surface area contributed by atoms with Gasteiger partial charge in [0.05, 0.1) is 17.8 Å². The molecule has 3 aromatic carbocycles. The molecule has 0 saturated heterocycles. The van der Waals surface area contributed by atoms with E-state index in [-0.39, 0.29) is 30.2 Å². The second kappa shape index (κ2) is 8.94. The number of amides is 2. The Morgan fingerprint density at radius 3 is 2.65 bits per heavy atom. The molecule has 0 bridgehead atoms. The summed E-state index contributed by atoms with van der Waals surface area (Å²) < 4.78 is 13.8. The zero-order valence-corrected chi connectivity index (χ0v) is 18.2. The van der Waals surface area contributed by atoms with Gasteiger partial charge >= 0.3 is 0 Å². The van der Waals surface area contributed by atoms with Crippen molar-refractivity contribution < 1.29 is 14.0 Å². The highest BCUT2D eigenvalue weighted by Gasteiger charge is 2.28. The van der Waals surface area contributed by atoms with Gasteiger partial charge in [0.25, 0.3) is 11.8 Å². The zero-order valence-electron chi connectivity index (χ0n) is 17.4. The van der Waals surface area contributed by atoms with Crippen LogP contribution < -0.4 is 10.2 Å². The van der Waals surface area contributed by atoms with E-state index < -0.39 is 0 Å². The summed E-state index contributed by atoms with van der Waals surface area (Å²) in [5.41, 5.74) is 2.40. The highest BCUT2D eigenvalue weighted by molar-refractivity contribution is 7.99. The summed E-state index contributed by atoms with van der Waals surface area (Å²) in [6, 6.07) is 19.1. The molecule has 0 fully saturated rings. The van der Waals surface area contributed by atoms with Crippen LogP contribution >= 0.6 is 11.8 Å². The first kappa shape index (κ1) is 21.1. The van der Waals surface area contributed by atoms with Crippen molar-refractivity contribution in [1.29, 1.82) is 0 Å². The summed E-state index contributed by atoms with van der Waals surface area (Å²) in [4.78, 5) is 29.6. The van der Waals surface area contributed by atoms with Gasteiger partial charge in [-0.15, -0.1) is 0 Å². The van der Waals surface area contributed by atoms with Gasteiger partial charge in [-0.05, 0) is 61.4 Å². The fourth-order valence-electron chi connectivity index (χ4n) is 3.45. The van der Waals surface area contributed by atoms with Gasteiger partial charge in [0, 0.05) is 21.4 Å². The summed E-state index contributed by atoms with van der Waals surface area (Å²) in [6.07, 6.45) is 0.825. The summed E-state index contributed by atoms with van der Waals surface area (Å²) in [5, 5.41) is 2.97. The third-order valence-corrected chi connectivity index (χ3v) is 6.46. The Hall–Kier alpha value is -3.12. The molecule has 1 aliphatic heterocycles. The molecule has 3 aromatic rings. The molecule has 1 atom stereocenters. The quantitative estimate of drug-likeness (QED) is 0.563. The maximum Gasteiger partial charge on any atom is 0.259 e. The molecular formula is C25H23FN2O2S. The number of nitrogens with zero attached hydrogens (tertiary/aromatic N) is 1. The van der Waals surface area contributed by atoms with Crippen molar-refractivity contribution in [2.75, 3.05) is 4.90 Å². The molecule has 0 spiro atoms. The largest absolute Gasteiger partial charge is 0.350 e. The van der Waals surface area contributed by atoms with Crippen LogP contribution in [0.25, 0.3) is 0 Å². The number of anilines is 1. The van der Waals surface area contributed by atoms with Crippen LogP contribution in [0, 0.1) is 5.82 Å². The van der Waals surface area contributed by atoms with Crippen LogP contribution in [0.15, 0.2) is 76.5 Å². The number of hydrogen-bond donors (Lipinski definition) is 1. The Labute approximate surface area is 185 Å². The fraction of sp³-hybridized carbons (Fsp3) is 0.200. The van der Waals surface area contributed by atoms with E-state index in [0.29, 0.717) is 22.4 Å². The maximum absolute atomic E-state index is 13.8. The lowest BCUT2D eigenvalue weighted by Gasteiger charge is -2.24. The van der Waals surface area contributed by atoms with Crippen molar-refractivity contribution in [1.82, 2.24) is 5.32 Å². The average molecular weight is 435 g/mol. The SMILES string of the molecule is CCC(C)NC(=O)c1ccc2c(c1)N(Cc1cccc(F)c1)C(=O)c1ccccc1S2. The standard InChI is InChI=1S/C25H23FN2O2S/c1-3-16(2)27-24(29)18-11-12-23-21(14-18)28(15-17-7-6-8-19(26)13-17)25(30)20-9-4-5-10-22(20)31-23/h4-14,16H,3,15H2,1-2H3,(H,27,29). The van der Waals surface area contributed by atoms with Crippen LogP contribution in [0.1, 0.15) is 46.5 Å². The molecule has 31 heavy (non-hydrogen) atoms. The Kier molecular flexibility index (Phi) is 6.09. The van der Waals surface area contributed by atoms with E-state index in [9.17, 15) is 14.0 Å². The van der Waals surface area contributed by atoms with Gasteiger partial charge in [-0.25, -0.2) is 4.39 Å². The fourth-order valence-corrected chi connectivity index (χ4v) is 4.50. The number of fused-ring (bicyclic) bond motifs is 2. The summed E-state index contributed by atoms with van der Waals surface area (Å²) in [6.45, 7) is 4.16. The molecule has 0 radical (unpaired) electrons. The van der Waals surface area contributed by atoms with Gasteiger partial charge in [-0.3, -0.25) is 9.59 Å². The normalized spacial score (nSPS) is 13.8. The molecule has 0 aliphatic carbocycles. The summed E-state index contributed by atoms with van der Waals surface area (Å²) in [7, 11) is 0. The van der Waals surface area contributed by atoms with E-state index in [2.05, 4.69) is 5.32 Å². The minimum absolute atomic E-state index is 0.0509. The third-order valence-electron chi connectivity index (χ3n) is 5.31. The molecule has 1 aliphatic rings. The molecule has 158 valence electrons. The van der Waals surface area contributed by atoms with E-state index >= 15 is 0 Å². The predicted molar refractivity (Wildman–Crippen MR) is 121 cm³/mol. The molecule has 1 heterocycles. The highest BCUT2D eigenvalue weighted by atomic mass is 32.2. The van der Waals surface area contributed by atoms with Crippen molar-refractivity contribution in [3.05, 3.63) is 89.2 Å². The Bertz CT molecular complexity index is 1150. The van der Waals surface area contributed by atoms with E-state index in [0.717, 1.165) is 16.2 Å². The molecule has 0 aromatic heterocycles. The lowest BCUT2D eigenvalue weighted by atomic mass is 10.1. The number of hydrogen-bond acceptors (Lipinski definition) is 3. The molecule has 0 saturated carbocycles. The van der Waals surface area contributed by atoms with Gasteiger partial charge in [0.15, 0.2) is 0 Å². The first-order valence-corrected chi connectivity index (χ1v) is 11.1. The summed E-state index contributed by atoms with van der Waals surface area (Å²) in [5.74, 6) is -0.705. The second-order valence-electron chi connectivity index (χ2n) is 7.58. The van der Waals surface area contributed by atoms with Crippen LogP contribution in [0.3, 0.4) is 0 Å². The number of benzene rings is 3. The number of nitrogens with one attached hydrogen (secondary N) is 1. The van der Waals surface area contributed by atoms with Crippen molar-refractivity contribution >= 4 is 29.3 Å². The molecule has 6 heteroatoms. The van der Waals surface area contributed by atoms with Gasteiger partial charge < -0.3 is 10.2 Å². The van der Waals surface area contributed by atoms with Gasteiger partial charge in [-0.2, -0.15) is 0 Å². The molecule has 1 unspecified atom stereocenters. The number of halogens is 1. The maximum atomic E-state index is 13.8. The number of carbonyl (C=O) groups is 2. The third kappa shape index (κ3) is 4.49. The molecule has 4 nitrogen and oxygen atoms in total. The van der Waals surface area contributed by atoms with Crippen LogP contribution in [-0.2, 0) is 6.54 Å². The number of carbonyl (C=O) groups excluding carboxylic acids is 2. The Balaban J connectivity index is 1.79. The Morgan fingerprint density at radius 1 is 1.06 bits per heavy atom. The first-order valence-electron chi connectivity index (χ1n) is 10.2. The monoisotopic (exact) mass is 434 g/mol. The zero-order chi connectivity index (χ0) is 22.0. The van der Waals surface area contributed by atoms with Gasteiger partial charge in [0.2, 0.25) is 0 Å². The topological polar surface area (TPSA) is 49.4 Å². The van der Waals surface area contributed by atoms with Crippen LogP contribution in [0.5, 0.6) is 0 Å². The highest BCUT2D eigenvalue weighted by Crippen LogP contribution is 2.42. The molecule has 4 rings (SSSR count). The lowest BCUT2D eigenvalue weighted by molar-refractivity contribution is 0.0936. The van der Waals surface area contributed by atoms with Crippen LogP contribution in [0.4, 0.5) is 10.1 Å². The van der Waals surface area contributed by atoms with E-state index in [1.807, 2.05) is 38.1 Å². The Morgan fingerprint density at radius 2 is 1.87 bits per heavy atom. The second-order valence-corrected chi connectivity index (χ2v) is 8.67. The van der Waals surface area contributed by atoms with Crippen molar-refractivity contribution in [2.24, 2.45) is 0 Å². The van der Waals surface area contributed by atoms with Crippen molar-refractivity contribution in [3.63, 3.8) is 0 Å². The minimum Gasteiger partial charge on any atom is -0.350 e. The smallest absolute Gasteiger partial charge is 0.259 e. The molecule has 1 N–H and O–H groups in total. The summed E-state index contributed by atoms with van der Waals surface area (Å²) >= 11 is 1.50. The number of rotatable bonds is 5. The van der Waals surface area contributed by atoms with Crippen molar-refractivity contribution in [2.45, 2.75) is 42.6 Å². The molecule has 2 amide bonds. The minimum atomic E-state index is -0.351. The van der Waals surface area contributed by atoms with Crippen LogP contribution in [-0.4, -0.2) is 17.9 Å². The first-order chi connectivity index (χ1) is 15.0. The van der Waals surface area contributed by atoms with E-state index in [4.69, 9.17) is 0 Å². The lowest BCUT2D eigenvalue weighted by Crippen LogP contribution is -2.33. The van der Waals surface area contributed by atoms with Crippen LogP contribution in [0.2, 0.25) is 0 Å². The molecular weight excluding hydrogens is 411 g/mol.